The number of benzene rings is 1. The molecule has 1 saturated carbocycles. The number of urea groups is 1. The predicted molar refractivity (Wildman–Crippen MR) is 113 cm³/mol. The molecule has 1 heterocycles. The molecule has 1 unspecified atom stereocenters. The van der Waals surface area contributed by atoms with E-state index in [0.29, 0.717) is 24.2 Å². The molecule has 3 rings (SSSR count). The lowest BCUT2D eigenvalue weighted by Crippen LogP contribution is -2.44. The number of nitrogens with one attached hydrogen (secondary N) is 1. The predicted octanol–water partition coefficient (Wildman–Crippen LogP) is 4.43. The van der Waals surface area contributed by atoms with Gasteiger partial charge >= 0.3 is 12.0 Å². The Bertz CT molecular complexity index is 774. The van der Waals surface area contributed by atoms with E-state index in [1.807, 2.05) is 0 Å². The highest BCUT2D eigenvalue weighted by molar-refractivity contribution is 8.25. The number of aliphatic imine (C=N–C) groups is 1. The van der Waals surface area contributed by atoms with Crippen LogP contribution in [0.3, 0.4) is 0 Å². The molecule has 10 heteroatoms. The van der Waals surface area contributed by atoms with Crippen LogP contribution < -0.4 is 10.2 Å². The van der Waals surface area contributed by atoms with Crippen LogP contribution in [-0.2, 0) is 4.79 Å². The fraction of sp³-hybridized carbons (Fsp3) is 0.500. The van der Waals surface area contributed by atoms with Gasteiger partial charge in [0.2, 0.25) is 0 Å². The van der Waals surface area contributed by atoms with Crippen molar-refractivity contribution >= 4 is 58.0 Å². The molecule has 1 aliphatic heterocycles. The van der Waals surface area contributed by atoms with Crippen molar-refractivity contribution in [2.75, 3.05) is 23.7 Å². The van der Waals surface area contributed by atoms with Gasteiger partial charge in [-0.2, -0.15) is 0 Å². The van der Waals surface area contributed by atoms with Gasteiger partial charge in [-0.15, -0.1) is 11.8 Å². The molecule has 1 aliphatic carbocycles. The minimum Gasteiger partial charge on any atom is -0.481 e. The Morgan fingerprint density at radius 1 is 1.39 bits per heavy atom. The highest BCUT2D eigenvalue weighted by Crippen LogP contribution is 2.32. The monoisotopic (exact) mass is 445 g/mol. The Hall–Kier alpha value is -1.45. The summed E-state index contributed by atoms with van der Waals surface area (Å²) in [6.45, 7) is 0.838. The van der Waals surface area contributed by atoms with Gasteiger partial charge in [0.25, 0.3) is 0 Å². The summed E-state index contributed by atoms with van der Waals surface area (Å²) in [6, 6.07) is 4.16. The second-order valence-electron chi connectivity index (χ2n) is 6.66. The van der Waals surface area contributed by atoms with Gasteiger partial charge in [0, 0.05) is 6.54 Å². The van der Waals surface area contributed by atoms with Crippen LogP contribution in [0, 0.1) is 11.7 Å². The average molecular weight is 446 g/mol. The Kier molecular flexibility index (Phi) is 7.48. The molecular formula is C18H21ClFN3O3S2. The number of hydrogen-bond acceptors (Lipinski definition) is 5. The molecule has 0 saturated heterocycles. The Morgan fingerprint density at radius 2 is 2.14 bits per heavy atom. The van der Waals surface area contributed by atoms with E-state index in [4.69, 9.17) is 16.7 Å². The molecular weight excluding hydrogens is 425 g/mol. The SMILES string of the molecule is O=C(O)CSC1CN=C(NC(=O)N(CC2CCCC2)c2cccc(Cl)c2F)S1. The fourth-order valence-corrected chi connectivity index (χ4v) is 5.40. The molecule has 1 atom stereocenters. The molecule has 152 valence electrons. The molecule has 2 aliphatic rings. The number of carbonyl (C=O) groups is 2. The third-order valence-electron chi connectivity index (χ3n) is 4.62. The van der Waals surface area contributed by atoms with Crippen LogP contribution in [0.1, 0.15) is 25.7 Å². The number of nitrogens with zero attached hydrogens (tertiary/aromatic N) is 2. The Morgan fingerprint density at radius 3 is 2.86 bits per heavy atom. The second kappa shape index (κ2) is 9.84. The summed E-state index contributed by atoms with van der Waals surface area (Å²) in [5, 5.41) is 11.9. The molecule has 2 N–H and O–H groups in total. The van der Waals surface area contributed by atoms with E-state index in [1.165, 1.54) is 34.5 Å². The fourth-order valence-electron chi connectivity index (χ4n) is 3.28. The van der Waals surface area contributed by atoms with E-state index >= 15 is 0 Å². The molecule has 0 bridgehead atoms. The highest BCUT2D eigenvalue weighted by Gasteiger charge is 2.28. The van der Waals surface area contributed by atoms with E-state index in [1.54, 1.807) is 12.1 Å². The van der Waals surface area contributed by atoms with Gasteiger partial charge in [0.05, 0.1) is 27.6 Å². The molecule has 28 heavy (non-hydrogen) atoms. The maximum atomic E-state index is 14.6. The van der Waals surface area contributed by atoms with Crippen LogP contribution in [0.5, 0.6) is 0 Å². The Labute approximate surface area is 176 Å². The number of anilines is 1. The number of thioether (sulfide) groups is 2. The van der Waals surface area contributed by atoms with Crippen LogP contribution in [0.25, 0.3) is 0 Å². The molecule has 2 amide bonds. The summed E-state index contributed by atoms with van der Waals surface area (Å²) < 4.78 is 14.5. The number of halogens is 2. The number of carboxylic acid groups (broad SMARTS) is 1. The van der Waals surface area contributed by atoms with Gasteiger partial charge in [-0.1, -0.05) is 42.3 Å². The normalized spacial score (nSPS) is 19.5. The van der Waals surface area contributed by atoms with Crippen LogP contribution in [0.15, 0.2) is 23.2 Å². The number of hydrogen-bond donors (Lipinski definition) is 2. The van der Waals surface area contributed by atoms with Crippen LogP contribution in [0.2, 0.25) is 5.02 Å². The van der Waals surface area contributed by atoms with E-state index in [2.05, 4.69) is 10.3 Å². The quantitative estimate of drug-likeness (QED) is 0.676. The summed E-state index contributed by atoms with van der Waals surface area (Å²) in [4.78, 5) is 29.3. The summed E-state index contributed by atoms with van der Waals surface area (Å²) in [5.41, 5.74) is 0.150. The first kappa shape index (κ1) is 21.3. The zero-order valence-corrected chi connectivity index (χ0v) is 17.5. The molecule has 0 aromatic heterocycles. The van der Waals surface area contributed by atoms with Gasteiger partial charge in [0.15, 0.2) is 11.0 Å². The number of carboxylic acids is 1. The van der Waals surface area contributed by atoms with Crippen molar-refractivity contribution in [1.82, 2.24) is 5.32 Å². The van der Waals surface area contributed by atoms with Crippen molar-refractivity contribution in [1.29, 1.82) is 0 Å². The van der Waals surface area contributed by atoms with Gasteiger partial charge < -0.3 is 5.11 Å². The van der Waals surface area contributed by atoms with Crippen molar-refractivity contribution < 1.29 is 19.1 Å². The smallest absolute Gasteiger partial charge is 0.327 e. The number of amidine groups is 1. The van der Waals surface area contributed by atoms with Crippen molar-refractivity contribution in [3.63, 3.8) is 0 Å². The van der Waals surface area contributed by atoms with E-state index in [0.717, 1.165) is 25.7 Å². The first-order chi connectivity index (χ1) is 13.4. The molecule has 1 aromatic rings. The largest absolute Gasteiger partial charge is 0.481 e. The van der Waals surface area contributed by atoms with E-state index < -0.39 is 17.8 Å². The minimum absolute atomic E-state index is 0.0179. The lowest BCUT2D eigenvalue weighted by molar-refractivity contribution is -0.133. The maximum absolute atomic E-state index is 14.6. The van der Waals surface area contributed by atoms with Crippen LogP contribution in [-0.4, -0.2) is 45.7 Å². The third-order valence-corrected chi connectivity index (χ3v) is 7.41. The van der Waals surface area contributed by atoms with E-state index in [9.17, 15) is 14.0 Å². The number of carbonyl (C=O) groups excluding carboxylic acids is 1. The lowest BCUT2D eigenvalue weighted by atomic mass is 10.1. The van der Waals surface area contributed by atoms with Crippen molar-refractivity contribution in [2.24, 2.45) is 10.9 Å². The third kappa shape index (κ3) is 5.55. The average Bonchev–Trinajstić information content (AvgIpc) is 3.32. The van der Waals surface area contributed by atoms with Crippen LogP contribution >= 0.6 is 35.1 Å². The molecule has 0 spiro atoms. The summed E-state index contributed by atoms with van der Waals surface area (Å²) in [7, 11) is 0. The highest BCUT2D eigenvalue weighted by atomic mass is 35.5. The minimum atomic E-state index is -0.887. The van der Waals surface area contributed by atoms with Crippen molar-refractivity contribution in [3.05, 3.63) is 29.0 Å². The zero-order valence-electron chi connectivity index (χ0n) is 15.1. The Balaban J connectivity index is 1.68. The second-order valence-corrected chi connectivity index (χ2v) is 9.75. The zero-order chi connectivity index (χ0) is 20.1. The standard InChI is InChI=1S/C18H21ClFN3O3S2/c19-12-6-3-7-13(16(12)20)23(9-11-4-1-2-5-11)18(26)22-17-21-8-15(28-17)27-10-14(24)25/h3,6-7,11,15H,1-2,4-5,8-10H2,(H,24,25)(H,21,22,26). The first-order valence-corrected chi connectivity index (χ1v) is 11.3. The summed E-state index contributed by atoms with van der Waals surface area (Å²) in [6.07, 6.45) is 4.25. The van der Waals surface area contributed by atoms with Gasteiger partial charge in [-0.05, 0) is 30.9 Å². The van der Waals surface area contributed by atoms with Gasteiger partial charge in [0.1, 0.15) is 0 Å². The molecule has 1 aromatic carbocycles. The summed E-state index contributed by atoms with van der Waals surface area (Å²) >= 11 is 8.50. The number of aliphatic carboxylic acids is 1. The lowest BCUT2D eigenvalue weighted by Gasteiger charge is -2.26. The first-order valence-electron chi connectivity index (χ1n) is 9.01. The maximum Gasteiger partial charge on any atom is 0.327 e. The van der Waals surface area contributed by atoms with Gasteiger partial charge in [-0.3, -0.25) is 20.0 Å². The van der Waals surface area contributed by atoms with Gasteiger partial charge in [-0.25, -0.2) is 9.18 Å². The van der Waals surface area contributed by atoms with Crippen molar-refractivity contribution in [2.45, 2.75) is 30.3 Å². The number of amides is 2. The summed E-state index contributed by atoms with van der Waals surface area (Å²) in [5.74, 6) is -1.20. The topological polar surface area (TPSA) is 82.0 Å². The van der Waals surface area contributed by atoms with Crippen molar-refractivity contribution in [3.8, 4) is 0 Å². The number of rotatable bonds is 6. The van der Waals surface area contributed by atoms with E-state index in [-0.39, 0.29) is 21.0 Å². The molecule has 6 nitrogen and oxygen atoms in total. The molecule has 1 fully saturated rings. The molecule has 0 radical (unpaired) electrons. The van der Waals surface area contributed by atoms with Crippen LogP contribution in [0.4, 0.5) is 14.9 Å².